The Morgan fingerprint density at radius 2 is 1.53 bits per heavy atom. The summed E-state index contributed by atoms with van der Waals surface area (Å²) in [5.74, 6) is 0. The lowest BCUT2D eigenvalue weighted by atomic mass is 10.3. The molecule has 1 heterocycles. The van der Waals surface area contributed by atoms with Gasteiger partial charge in [0, 0.05) is 12.4 Å². The van der Waals surface area contributed by atoms with Crippen LogP contribution in [0.25, 0.3) is 0 Å². The highest BCUT2D eigenvalue weighted by atomic mass is 31.1. The van der Waals surface area contributed by atoms with Crippen molar-refractivity contribution in [3.8, 4) is 0 Å². The van der Waals surface area contributed by atoms with Crippen molar-refractivity contribution >= 4 is 18.5 Å². The molecule has 1 aromatic heterocycles. The molecule has 0 fully saturated rings. The van der Waals surface area contributed by atoms with E-state index in [1.807, 2.05) is 18.5 Å². The normalized spacial score (nSPS) is 13.4. The van der Waals surface area contributed by atoms with Crippen LogP contribution < -0.4 is 10.6 Å². The lowest BCUT2D eigenvalue weighted by Gasteiger charge is -2.31. The van der Waals surface area contributed by atoms with Crippen LogP contribution in [-0.2, 0) is 0 Å². The van der Waals surface area contributed by atoms with Gasteiger partial charge in [-0.25, -0.2) is 0 Å². The van der Waals surface area contributed by atoms with Gasteiger partial charge in [-0.2, -0.15) is 0 Å². The van der Waals surface area contributed by atoms with Gasteiger partial charge in [-0.15, -0.1) is 0 Å². The molecule has 0 amide bonds. The molecule has 0 aliphatic heterocycles. The molecule has 0 saturated carbocycles. The van der Waals surface area contributed by atoms with E-state index in [0.29, 0.717) is 0 Å². The first kappa shape index (κ1) is 12.3. The van der Waals surface area contributed by atoms with Gasteiger partial charge in [0.25, 0.3) is 0 Å². The third kappa shape index (κ3) is 2.92. The van der Waals surface area contributed by atoms with Crippen molar-refractivity contribution in [3.05, 3.63) is 54.9 Å². The molecule has 1 atom stereocenters. The van der Waals surface area contributed by atoms with Crippen molar-refractivity contribution < 1.29 is 0 Å². The van der Waals surface area contributed by atoms with Crippen molar-refractivity contribution in [1.29, 1.82) is 0 Å². The molecule has 0 unspecified atom stereocenters. The van der Waals surface area contributed by atoms with Crippen molar-refractivity contribution in [2.45, 2.75) is 25.9 Å². The molecule has 0 spiro atoms. The quantitative estimate of drug-likeness (QED) is 0.737. The van der Waals surface area contributed by atoms with Gasteiger partial charge in [0.15, 0.2) is 0 Å². The van der Waals surface area contributed by atoms with Gasteiger partial charge in [-0.05, 0) is 29.8 Å². The molecule has 2 heteroatoms. The third-order valence-electron chi connectivity index (χ3n) is 2.59. The van der Waals surface area contributed by atoms with Gasteiger partial charge < -0.3 is 0 Å². The highest BCUT2D eigenvalue weighted by Crippen LogP contribution is 2.46. The summed E-state index contributed by atoms with van der Waals surface area (Å²) in [6.07, 6.45) is 3.84. The molecule has 88 valence electrons. The Morgan fingerprint density at radius 1 is 0.882 bits per heavy atom. The standard InChI is InChI=1S/C15H18NP/c1-15(2,3)17(13-8-5-4-6-9-13)14-10-7-11-16-12-14/h4-12H,1-3H3/t17-/m1/s1. The predicted octanol–water partition coefficient (Wildman–Crippen LogP) is 3.31. The number of nitrogens with zero attached hydrogens (tertiary/aromatic N) is 1. The Balaban J connectivity index is 2.48. The van der Waals surface area contributed by atoms with Crippen molar-refractivity contribution in [3.63, 3.8) is 0 Å². The minimum atomic E-state index is -0.354. The maximum atomic E-state index is 4.26. The van der Waals surface area contributed by atoms with Crippen LogP contribution in [0.2, 0.25) is 0 Å². The van der Waals surface area contributed by atoms with Crippen LogP contribution in [0, 0.1) is 0 Å². The molecule has 2 rings (SSSR count). The predicted molar refractivity (Wildman–Crippen MR) is 76.6 cm³/mol. The first-order valence-corrected chi connectivity index (χ1v) is 7.18. The van der Waals surface area contributed by atoms with E-state index in [1.54, 1.807) is 0 Å². The SMILES string of the molecule is CC(C)(C)[P@](c1ccccc1)c1cccnc1. The molecule has 0 aliphatic carbocycles. The van der Waals surface area contributed by atoms with Crippen LogP contribution in [0.1, 0.15) is 20.8 Å². The van der Waals surface area contributed by atoms with Gasteiger partial charge in [0.05, 0.1) is 0 Å². The largest absolute Gasteiger partial charge is 0.264 e. The fraction of sp³-hybridized carbons (Fsp3) is 0.267. The molecule has 2 aromatic rings. The van der Waals surface area contributed by atoms with Crippen LogP contribution in [0.15, 0.2) is 54.9 Å². The van der Waals surface area contributed by atoms with E-state index in [2.05, 4.69) is 62.2 Å². The number of hydrogen-bond acceptors (Lipinski definition) is 1. The number of pyridine rings is 1. The molecule has 1 aromatic carbocycles. The van der Waals surface area contributed by atoms with Gasteiger partial charge in [-0.3, -0.25) is 4.98 Å². The lowest BCUT2D eigenvalue weighted by molar-refractivity contribution is 0.793. The zero-order valence-corrected chi connectivity index (χ0v) is 11.5. The second-order valence-corrected chi connectivity index (χ2v) is 8.10. The van der Waals surface area contributed by atoms with E-state index in [4.69, 9.17) is 0 Å². The van der Waals surface area contributed by atoms with E-state index in [-0.39, 0.29) is 13.1 Å². The van der Waals surface area contributed by atoms with Crippen LogP contribution in [-0.4, -0.2) is 10.1 Å². The summed E-state index contributed by atoms with van der Waals surface area (Å²) < 4.78 is 0. The lowest BCUT2D eigenvalue weighted by Crippen LogP contribution is -2.26. The Labute approximate surface area is 105 Å². The maximum absolute atomic E-state index is 4.26. The van der Waals surface area contributed by atoms with Crippen molar-refractivity contribution in [1.82, 2.24) is 4.98 Å². The summed E-state index contributed by atoms with van der Waals surface area (Å²) in [7, 11) is -0.354. The summed E-state index contributed by atoms with van der Waals surface area (Å²) in [4.78, 5) is 4.26. The van der Waals surface area contributed by atoms with Crippen LogP contribution in [0.3, 0.4) is 0 Å². The van der Waals surface area contributed by atoms with Gasteiger partial charge in [0.2, 0.25) is 0 Å². The zero-order valence-electron chi connectivity index (χ0n) is 10.6. The van der Waals surface area contributed by atoms with Gasteiger partial charge in [0.1, 0.15) is 0 Å². The number of aromatic nitrogens is 1. The first-order chi connectivity index (χ1) is 8.09. The second kappa shape index (κ2) is 4.98. The van der Waals surface area contributed by atoms with Gasteiger partial charge in [-0.1, -0.05) is 57.2 Å². The highest BCUT2D eigenvalue weighted by Gasteiger charge is 2.27. The monoisotopic (exact) mass is 243 g/mol. The van der Waals surface area contributed by atoms with E-state index >= 15 is 0 Å². The number of rotatable bonds is 2. The number of benzene rings is 1. The molecule has 1 nitrogen and oxygen atoms in total. The van der Waals surface area contributed by atoms with E-state index in [0.717, 1.165) is 0 Å². The fourth-order valence-corrected chi connectivity index (χ4v) is 4.72. The summed E-state index contributed by atoms with van der Waals surface area (Å²) >= 11 is 0. The molecule has 0 radical (unpaired) electrons. The van der Waals surface area contributed by atoms with Crippen LogP contribution in [0.5, 0.6) is 0 Å². The molecule has 0 saturated heterocycles. The zero-order chi connectivity index (χ0) is 12.3. The van der Waals surface area contributed by atoms with Crippen LogP contribution in [0.4, 0.5) is 0 Å². The Kier molecular flexibility index (Phi) is 3.59. The first-order valence-electron chi connectivity index (χ1n) is 5.84. The average Bonchev–Trinajstić information content (AvgIpc) is 2.30. The Hall–Kier alpha value is -1.20. The van der Waals surface area contributed by atoms with E-state index in [9.17, 15) is 0 Å². The smallest absolute Gasteiger partial charge is 0.0348 e. The second-order valence-electron chi connectivity index (χ2n) is 5.05. The maximum Gasteiger partial charge on any atom is 0.0348 e. The third-order valence-corrected chi connectivity index (χ3v) is 5.53. The Morgan fingerprint density at radius 3 is 2.06 bits per heavy atom. The fourth-order valence-electron chi connectivity index (χ4n) is 1.99. The molecule has 0 aliphatic rings. The molecule has 17 heavy (non-hydrogen) atoms. The average molecular weight is 243 g/mol. The minimum Gasteiger partial charge on any atom is -0.264 e. The topological polar surface area (TPSA) is 12.9 Å². The van der Waals surface area contributed by atoms with E-state index in [1.165, 1.54) is 10.6 Å². The molecular weight excluding hydrogens is 225 g/mol. The number of hydrogen-bond donors (Lipinski definition) is 0. The van der Waals surface area contributed by atoms with Crippen LogP contribution >= 0.6 is 7.92 Å². The summed E-state index contributed by atoms with van der Waals surface area (Å²) in [6.45, 7) is 6.91. The van der Waals surface area contributed by atoms with Gasteiger partial charge >= 0.3 is 0 Å². The minimum absolute atomic E-state index is 0.250. The van der Waals surface area contributed by atoms with Crippen molar-refractivity contribution in [2.75, 3.05) is 0 Å². The summed E-state index contributed by atoms with van der Waals surface area (Å²) in [6, 6.07) is 15.0. The molecule has 0 N–H and O–H groups in total. The Bertz CT molecular complexity index is 420. The van der Waals surface area contributed by atoms with E-state index < -0.39 is 0 Å². The molecule has 0 bridgehead atoms. The highest BCUT2D eigenvalue weighted by molar-refractivity contribution is 7.74. The summed E-state index contributed by atoms with van der Waals surface area (Å²) in [5, 5.41) is 3.02. The molecular formula is C15H18NP. The summed E-state index contributed by atoms with van der Waals surface area (Å²) in [5.41, 5.74) is 0. The van der Waals surface area contributed by atoms with Crippen molar-refractivity contribution in [2.24, 2.45) is 0 Å².